The molecule has 3 atom stereocenters. The van der Waals surface area contributed by atoms with Gasteiger partial charge in [-0.1, -0.05) is 18.6 Å². The third-order valence-electron chi connectivity index (χ3n) is 5.77. The molecule has 0 bridgehead atoms. The normalized spacial score (nSPS) is 25.3. The van der Waals surface area contributed by atoms with Crippen LogP contribution in [0.5, 0.6) is 0 Å². The van der Waals surface area contributed by atoms with Gasteiger partial charge in [0.15, 0.2) is 5.96 Å². The summed E-state index contributed by atoms with van der Waals surface area (Å²) in [6, 6.07) is 6.27. The van der Waals surface area contributed by atoms with Crippen LogP contribution in [0.3, 0.4) is 0 Å². The van der Waals surface area contributed by atoms with Crippen LogP contribution in [0, 0.1) is 11.2 Å². The van der Waals surface area contributed by atoms with Crippen LogP contribution in [0.1, 0.15) is 51.2 Å². The number of guanidine groups is 1. The Balaban J connectivity index is 1.60. The number of aliphatic hydroxyl groups is 1. The summed E-state index contributed by atoms with van der Waals surface area (Å²) in [5.74, 6) is 0.416. The summed E-state index contributed by atoms with van der Waals surface area (Å²) in [6.45, 7) is 5.83. The molecule has 26 heavy (non-hydrogen) atoms. The first kappa shape index (κ1) is 19.1. The number of hydrogen-bond donors (Lipinski definition) is 3. The van der Waals surface area contributed by atoms with Gasteiger partial charge in [0.1, 0.15) is 5.82 Å². The van der Waals surface area contributed by atoms with Gasteiger partial charge in [-0.05, 0) is 50.8 Å². The van der Waals surface area contributed by atoms with E-state index in [1.807, 2.05) is 6.92 Å². The fraction of sp³-hybridized carbons (Fsp3) is 0.650. The first-order chi connectivity index (χ1) is 12.6. The van der Waals surface area contributed by atoms with E-state index in [4.69, 9.17) is 4.74 Å². The van der Waals surface area contributed by atoms with Gasteiger partial charge in [0.25, 0.3) is 0 Å². The molecule has 0 radical (unpaired) electrons. The Morgan fingerprint density at radius 1 is 1.35 bits per heavy atom. The zero-order chi connectivity index (χ0) is 18.6. The molecule has 144 valence electrons. The number of aliphatic imine (C=N–C) groups is 1. The molecule has 6 heteroatoms. The van der Waals surface area contributed by atoms with E-state index in [0.29, 0.717) is 17.7 Å². The van der Waals surface area contributed by atoms with Crippen molar-refractivity contribution in [3.05, 3.63) is 35.6 Å². The maximum Gasteiger partial charge on any atom is 0.191 e. The molecule has 0 saturated heterocycles. The second-order valence-electron chi connectivity index (χ2n) is 7.25. The van der Waals surface area contributed by atoms with Crippen molar-refractivity contribution < 1.29 is 14.2 Å². The highest BCUT2D eigenvalue weighted by Crippen LogP contribution is 2.57. The van der Waals surface area contributed by atoms with E-state index >= 15 is 0 Å². The Morgan fingerprint density at radius 2 is 2.08 bits per heavy atom. The third kappa shape index (κ3) is 3.86. The number of nitrogens with zero attached hydrogens (tertiary/aromatic N) is 1. The number of benzene rings is 1. The van der Waals surface area contributed by atoms with Crippen molar-refractivity contribution >= 4 is 5.96 Å². The Bertz CT molecular complexity index is 616. The lowest BCUT2D eigenvalue weighted by Gasteiger charge is -2.61. The highest BCUT2D eigenvalue weighted by Gasteiger charge is 2.59. The smallest absolute Gasteiger partial charge is 0.191 e. The van der Waals surface area contributed by atoms with Crippen molar-refractivity contribution in [2.24, 2.45) is 10.4 Å². The highest BCUT2D eigenvalue weighted by molar-refractivity contribution is 5.80. The summed E-state index contributed by atoms with van der Waals surface area (Å²) < 4.78 is 18.9. The number of ether oxygens (including phenoxy) is 1. The van der Waals surface area contributed by atoms with E-state index < -0.39 is 6.10 Å². The molecule has 3 unspecified atom stereocenters. The monoisotopic (exact) mass is 363 g/mol. The van der Waals surface area contributed by atoms with Crippen LogP contribution in [-0.2, 0) is 4.74 Å². The molecule has 2 aliphatic carbocycles. The molecule has 1 spiro atoms. The first-order valence-corrected chi connectivity index (χ1v) is 9.69. The van der Waals surface area contributed by atoms with Crippen LogP contribution < -0.4 is 10.6 Å². The zero-order valence-corrected chi connectivity index (χ0v) is 15.7. The van der Waals surface area contributed by atoms with Gasteiger partial charge in [-0.3, -0.25) is 4.99 Å². The summed E-state index contributed by atoms with van der Waals surface area (Å²) in [7, 11) is 0. The summed E-state index contributed by atoms with van der Waals surface area (Å²) in [6.07, 6.45) is 4.27. The van der Waals surface area contributed by atoms with Gasteiger partial charge in [0.2, 0.25) is 0 Å². The van der Waals surface area contributed by atoms with Crippen LogP contribution in [-0.4, -0.2) is 42.9 Å². The molecule has 1 aromatic rings. The van der Waals surface area contributed by atoms with Crippen molar-refractivity contribution in [1.82, 2.24) is 10.6 Å². The van der Waals surface area contributed by atoms with E-state index in [2.05, 4.69) is 22.5 Å². The Morgan fingerprint density at radius 3 is 2.65 bits per heavy atom. The standard InChI is InChI=1S/C20H30FN3O2/c1-3-22-19(23-13-16(25)14-6-8-15(21)9-7-14)24-17-12-18(26-4-2)20(17)10-5-11-20/h6-9,16-18,25H,3-5,10-13H2,1-2H3,(H2,22,23,24). The lowest BCUT2D eigenvalue weighted by Crippen LogP contribution is -2.68. The fourth-order valence-electron chi connectivity index (χ4n) is 4.09. The maximum atomic E-state index is 13.0. The van der Waals surface area contributed by atoms with Crippen molar-refractivity contribution in [3.63, 3.8) is 0 Å². The van der Waals surface area contributed by atoms with Crippen molar-refractivity contribution in [3.8, 4) is 0 Å². The van der Waals surface area contributed by atoms with Gasteiger partial charge in [-0.15, -0.1) is 0 Å². The number of rotatable bonds is 7. The summed E-state index contributed by atoms with van der Waals surface area (Å²) in [5, 5.41) is 17.1. The van der Waals surface area contributed by atoms with E-state index in [1.54, 1.807) is 12.1 Å². The molecule has 2 fully saturated rings. The number of aliphatic hydroxyl groups excluding tert-OH is 1. The molecule has 0 amide bonds. The van der Waals surface area contributed by atoms with Gasteiger partial charge in [-0.2, -0.15) is 0 Å². The molecule has 3 N–H and O–H groups in total. The first-order valence-electron chi connectivity index (χ1n) is 9.69. The molecule has 0 aliphatic heterocycles. The van der Waals surface area contributed by atoms with Crippen LogP contribution in [0.15, 0.2) is 29.3 Å². The topological polar surface area (TPSA) is 65.9 Å². The van der Waals surface area contributed by atoms with Crippen LogP contribution in [0.4, 0.5) is 4.39 Å². The van der Waals surface area contributed by atoms with Gasteiger partial charge in [-0.25, -0.2) is 4.39 Å². The fourth-order valence-corrected chi connectivity index (χ4v) is 4.09. The molecule has 5 nitrogen and oxygen atoms in total. The quantitative estimate of drug-likeness (QED) is 0.515. The minimum Gasteiger partial charge on any atom is -0.386 e. The SMILES string of the molecule is CCNC(=NCC(O)c1ccc(F)cc1)NC1CC(OCC)C12CCC2. The zero-order valence-electron chi connectivity index (χ0n) is 15.7. The Labute approximate surface area is 155 Å². The molecule has 3 rings (SSSR count). The molecule has 0 heterocycles. The van der Waals surface area contributed by atoms with Gasteiger partial charge < -0.3 is 20.5 Å². The average Bonchev–Trinajstić information content (AvgIpc) is 2.57. The third-order valence-corrected chi connectivity index (χ3v) is 5.77. The van der Waals surface area contributed by atoms with Crippen LogP contribution in [0.2, 0.25) is 0 Å². The minimum atomic E-state index is -0.749. The van der Waals surface area contributed by atoms with Crippen molar-refractivity contribution in [2.45, 2.75) is 57.8 Å². The minimum absolute atomic E-state index is 0.232. The second-order valence-corrected chi connectivity index (χ2v) is 7.25. The predicted molar refractivity (Wildman–Crippen MR) is 101 cm³/mol. The molecule has 2 saturated carbocycles. The van der Waals surface area contributed by atoms with Crippen LogP contribution in [0.25, 0.3) is 0 Å². The maximum absolute atomic E-state index is 13.0. The lowest BCUT2D eigenvalue weighted by molar-refractivity contribution is -0.168. The molecule has 2 aliphatic rings. The van der Waals surface area contributed by atoms with Gasteiger partial charge in [0.05, 0.1) is 18.8 Å². The molecular formula is C20H30FN3O2. The molecule has 0 aromatic heterocycles. The Kier molecular flexibility index (Phi) is 6.14. The second kappa shape index (κ2) is 8.35. The van der Waals surface area contributed by atoms with E-state index in [9.17, 15) is 9.50 Å². The van der Waals surface area contributed by atoms with E-state index in [-0.39, 0.29) is 17.8 Å². The van der Waals surface area contributed by atoms with Crippen LogP contribution >= 0.6 is 0 Å². The van der Waals surface area contributed by atoms with E-state index in [0.717, 1.165) is 25.5 Å². The van der Waals surface area contributed by atoms with Gasteiger partial charge in [0, 0.05) is 24.6 Å². The Hall–Kier alpha value is -1.66. The summed E-state index contributed by atoms with van der Waals surface area (Å²) >= 11 is 0. The lowest BCUT2D eigenvalue weighted by atomic mass is 9.51. The number of halogens is 1. The largest absolute Gasteiger partial charge is 0.386 e. The predicted octanol–water partition coefficient (Wildman–Crippen LogP) is 2.76. The highest BCUT2D eigenvalue weighted by atomic mass is 19.1. The van der Waals surface area contributed by atoms with Crippen molar-refractivity contribution in [1.29, 1.82) is 0 Å². The summed E-state index contributed by atoms with van der Waals surface area (Å²) in [4.78, 5) is 4.54. The molecule has 1 aromatic carbocycles. The average molecular weight is 363 g/mol. The molecular weight excluding hydrogens is 333 g/mol. The van der Waals surface area contributed by atoms with Crippen molar-refractivity contribution in [2.75, 3.05) is 19.7 Å². The number of nitrogens with one attached hydrogen (secondary N) is 2. The number of hydrogen-bond acceptors (Lipinski definition) is 3. The summed E-state index contributed by atoms with van der Waals surface area (Å²) in [5.41, 5.74) is 0.920. The van der Waals surface area contributed by atoms with Gasteiger partial charge >= 0.3 is 0 Å². The van der Waals surface area contributed by atoms with E-state index in [1.165, 1.54) is 31.4 Å².